The third-order valence-corrected chi connectivity index (χ3v) is 6.12. The zero-order valence-electron chi connectivity index (χ0n) is 11.9. The van der Waals surface area contributed by atoms with Gasteiger partial charge < -0.3 is 5.32 Å². The molecule has 1 aromatic heterocycles. The number of hydrogen-bond donors (Lipinski definition) is 1. The van der Waals surface area contributed by atoms with Crippen molar-refractivity contribution < 1.29 is 8.42 Å². The van der Waals surface area contributed by atoms with Gasteiger partial charge in [-0.15, -0.1) is 0 Å². The molecule has 0 bridgehead atoms. The number of anilines is 1. The molecule has 0 spiro atoms. The van der Waals surface area contributed by atoms with Crippen molar-refractivity contribution >= 4 is 31.8 Å². The van der Waals surface area contributed by atoms with Gasteiger partial charge in [-0.1, -0.05) is 13.8 Å². The molecular formula is C13H20BrN3O2S. The molecule has 1 unspecified atom stereocenters. The van der Waals surface area contributed by atoms with Crippen molar-refractivity contribution in [3.63, 3.8) is 0 Å². The van der Waals surface area contributed by atoms with E-state index in [2.05, 4.69) is 40.1 Å². The SMILES string of the molecule is CNc1ncc(Br)cc1S(=O)(=O)N1CCC(C(C)C)C1. The highest BCUT2D eigenvalue weighted by atomic mass is 79.9. The molecule has 0 aliphatic carbocycles. The van der Waals surface area contributed by atoms with Crippen molar-refractivity contribution in [3.8, 4) is 0 Å². The van der Waals surface area contributed by atoms with Crippen molar-refractivity contribution in [2.24, 2.45) is 11.8 Å². The fourth-order valence-electron chi connectivity index (χ4n) is 2.46. The highest BCUT2D eigenvalue weighted by Crippen LogP contribution is 2.31. The normalized spacial score (nSPS) is 20.6. The van der Waals surface area contributed by atoms with Crippen LogP contribution >= 0.6 is 15.9 Å². The summed E-state index contributed by atoms with van der Waals surface area (Å²) in [4.78, 5) is 4.36. The van der Waals surface area contributed by atoms with Gasteiger partial charge in [-0.3, -0.25) is 0 Å². The standard InChI is InChI=1S/C13H20BrN3O2S/c1-9(2)10-4-5-17(8-10)20(18,19)12-6-11(14)7-16-13(12)15-3/h6-7,9-10H,4-5,8H2,1-3H3,(H,15,16). The molecule has 1 saturated heterocycles. The zero-order valence-corrected chi connectivity index (χ0v) is 14.3. The molecule has 1 N–H and O–H groups in total. The molecule has 1 atom stereocenters. The van der Waals surface area contributed by atoms with Gasteiger partial charge >= 0.3 is 0 Å². The summed E-state index contributed by atoms with van der Waals surface area (Å²) in [6.45, 7) is 5.46. The molecule has 1 aliphatic rings. The van der Waals surface area contributed by atoms with Crippen LogP contribution in [0.25, 0.3) is 0 Å². The number of halogens is 1. The maximum Gasteiger partial charge on any atom is 0.246 e. The first-order valence-corrected chi connectivity index (χ1v) is 8.93. The van der Waals surface area contributed by atoms with Crippen LogP contribution in [0.2, 0.25) is 0 Å². The van der Waals surface area contributed by atoms with Crippen LogP contribution in [0.4, 0.5) is 5.82 Å². The number of aromatic nitrogens is 1. The molecule has 1 fully saturated rings. The van der Waals surface area contributed by atoms with Crippen molar-refractivity contribution in [1.29, 1.82) is 0 Å². The Morgan fingerprint density at radius 1 is 1.50 bits per heavy atom. The first-order valence-electron chi connectivity index (χ1n) is 6.69. The van der Waals surface area contributed by atoms with Crippen molar-refractivity contribution in [2.45, 2.75) is 25.2 Å². The summed E-state index contributed by atoms with van der Waals surface area (Å²) in [5.41, 5.74) is 0. The lowest BCUT2D eigenvalue weighted by Gasteiger charge is -2.19. The average molecular weight is 362 g/mol. The lowest BCUT2D eigenvalue weighted by Crippen LogP contribution is -2.30. The van der Waals surface area contributed by atoms with Gasteiger partial charge in [-0.25, -0.2) is 13.4 Å². The first kappa shape index (κ1) is 15.7. The number of nitrogens with one attached hydrogen (secondary N) is 1. The molecule has 1 aliphatic heterocycles. The van der Waals surface area contributed by atoms with E-state index < -0.39 is 10.0 Å². The highest BCUT2D eigenvalue weighted by Gasteiger charge is 2.35. The number of hydrogen-bond acceptors (Lipinski definition) is 4. The monoisotopic (exact) mass is 361 g/mol. The van der Waals surface area contributed by atoms with E-state index in [0.717, 1.165) is 6.42 Å². The van der Waals surface area contributed by atoms with Gasteiger partial charge in [0.15, 0.2) is 0 Å². The number of sulfonamides is 1. The Bertz CT molecular complexity index is 589. The molecular weight excluding hydrogens is 342 g/mol. The molecule has 112 valence electrons. The summed E-state index contributed by atoms with van der Waals surface area (Å²) in [6.07, 6.45) is 2.51. The van der Waals surface area contributed by atoms with E-state index in [9.17, 15) is 8.42 Å². The first-order chi connectivity index (χ1) is 9.36. The van der Waals surface area contributed by atoms with Gasteiger partial charge in [-0.2, -0.15) is 4.31 Å². The van der Waals surface area contributed by atoms with Gasteiger partial charge in [0, 0.05) is 30.8 Å². The van der Waals surface area contributed by atoms with Crippen LogP contribution in [0.5, 0.6) is 0 Å². The Labute approximate surface area is 129 Å². The van der Waals surface area contributed by atoms with Crippen molar-refractivity contribution in [2.75, 3.05) is 25.5 Å². The second-order valence-corrected chi connectivity index (χ2v) is 8.23. The number of nitrogens with zero attached hydrogens (tertiary/aromatic N) is 2. The van der Waals surface area contributed by atoms with Crippen molar-refractivity contribution in [3.05, 3.63) is 16.7 Å². The summed E-state index contributed by atoms with van der Waals surface area (Å²) < 4.78 is 27.8. The zero-order chi connectivity index (χ0) is 14.9. The Morgan fingerprint density at radius 3 is 2.75 bits per heavy atom. The van der Waals surface area contributed by atoms with E-state index in [1.807, 2.05) is 0 Å². The minimum absolute atomic E-state index is 0.235. The van der Waals surface area contributed by atoms with E-state index in [1.165, 1.54) is 0 Å². The van der Waals surface area contributed by atoms with E-state index >= 15 is 0 Å². The largest absolute Gasteiger partial charge is 0.372 e. The van der Waals surface area contributed by atoms with Crippen LogP contribution in [0.1, 0.15) is 20.3 Å². The lowest BCUT2D eigenvalue weighted by molar-refractivity contribution is 0.388. The van der Waals surface area contributed by atoms with Gasteiger partial charge in [0.2, 0.25) is 10.0 Å². The molecule has 0 saturated carbocycles. The molecule has 0 radical (unpaired) electrons. The van der Waals surface area contributed by atoms with Crippen LogP contribution in [-0.2, 0) is 10.0 Å². The fourth-order valence-corrected chi connectivity index (χ4v) is 4.63. The van der Waals surface area contributed by atoms with E-state index in [-0.39, 0.29) is 4.90 Å². The third kappa shape index (κ3) is 2.99. The van der Waals surface area contributed by atoms with E-state index in [4.69, 9.17) is 0 Å². The Balaban J connectivity index is 2.34. The summed E-state index contributed by atoms with van der Waals surface area (Å²) >= 11 is 3.29. The number of pyridine rings is 1. The predicted octanol–water partition coefficient (Wildman–Crippen LogP) is 2.55. The second kappa shape index (κ2) is 5.99. The van der Waals surface area contributed by atoms with E-state index in [0.29, 0.717) is 35.2 Å². The van der Waals surface area contributed by atoms with Gasteiger partial charge in [0.25, 0.3) is 0 Å². The quantitative estimate of drug-likeness (QED) is 0.894. The lowest BCUT2D eigenvalue weighted by atomic mass is 9.96. The van der Waals surface area contributed by atoms with Gasteiger partial charge in [0.1, 0.15) is 10.7 Å². The molecule has 1 aromatic rings. The van der Waals surface area contributed by atoms with Gasteiger partial charge in [0.05, 0.1) is 0 Å². The topological polar surface area (TPSA) is 62.3 Å². The smallest absolute Gasteiger partial charge is 0.246 e. The molecule has 0 aromatic carbocycles. The predicted molar refractivity (Wildman–Crippen MR) is 83.2 cm³/mol. The minimum Gasteiger partial charge on any atom is -0.372 e. The maximum atomic E-state index is 12.8. The Kier molecular flexibility index (Phi) is 4.71. The van der Waals surface area contributed by atoms with Crippen LogP contribution in [-0.4, -0.2) is 37.8 Å². The summed E-state index contributed by atoms with van der Waals surface area (Å²) in [7, 11) is -1.82. The van der Waals surface area contributed by atoms with Gasteiger partial charge in [-0.05, 0) is 40.3 Å². The summed E-state index contributed by atoms with van der Waals surface area (Å²) in [6, 6.07) is 1.61. The molecule has 2 heterocycles. The van der Waals surface area contributed by atoms with Crippen molar-refractivity contribution in [1.82, 2.24) is 9.29 Å². The van der Waals surface area contributed by atoms with Crippen LogP contribution in [0.3, 0.4) is 0 Å². The Morgan fingerprint density at radius 2 is 2.20 bits per heavy atom. The fraction of sp³-hybridized carbons (Fsp3) is 0.615. The highest BCUT2D eigenvalue weighted by molar-refractivity contribution is 9.10. The van der Waals surface area contributed by atoms with Crippen LogP contribution in [0, 0.1) is 11.8 Å². The summed E-state index contributed by atoms with van der Waals surface area (Å²) in [5, 5.41) is 2.85. The van der Waals surface area contributed by atoms with Crippen LogP contribution < -0.4 is 5.32 Å². The average Bonchev–Trinajstić information content (AvgIpc) is 2.89. The molecule has 5 nitrogen and oxygen atoms in total. The van der Waals surface area contributed by atoms with Crippen LogP contribution in [0.15, 0.2) is 21.6 Å². The Hall–Kier alpha value is -0.660. The molecule has 0 amide bonds. The maximum absolute atomic E-state index is 12.8. The second-order valence-electron chi connectivity index (χ2n) is 5.41. The molecule has 20 heavy (non-hydrogen) atoms. The summed E-state index contributed by atoms with van der Waals surface area (Å²) in [5.74, 6) is 1.32. The third-order valence-electron chi connectivity index (χ3n) is 3.80. The minimum atomic E-state index is -3.49. The number of rotatable bonds is 4. The molecule has 2 rings (SSSR count). The molecule has 7 heteroatoms. The van der Waals surface area contributed by atoms with E-state index in [1.54, 1.807) is 23.6 Å².